The summed E-state index contributed by atoms with van der Waals surface area (Å²) in [4.78, 5) is 4.21. The lowest BCUT2D eigenvalue weighted by atomic mass is 10.2. The highest BCUT2D eigenvalue weighted by Crippen LogP contribution is 2.27. The van der Waals surface area contributed by atoms with E-state index in [2.05, 4.69) is 11.1 Å². The Morgan fingerprint density at radius 2 is 2.16 bits per heavy atom. The average Bonchev–Trinajstić information content (AvgIpc) is 2.62. The van der Waals surface area contributed by atoms with Gasteiger partial charge in [0.05, 0.1) is 24.1 Å². The molecule has 0 spiro atoms. The molecule has 0 aromatic carbocycles. The van der Waals surface area contributed by atoms with Crippen LogP contribution >= 0.6 is 0 Å². The molecule has 0 amide bonds. The minimum absolute atomic E-state index is 0.448. The summed E-state index contributed by atoms with van der Waals surface area (Å²) in [7, 11) is 0. The highest BCUT2D eigenvalue weighted by molar-refractivity contribution is 5.62. The SMILES string of the molecule is CCOc1ccc(-n2c(C)c(C)c(C#N)c2N)cn1. The minimum atomic E-state index is 0.448. The van der Waals surface area contributed by atoms with Crippen LogP contribution in [0.1, 0.15) is 23.7 Å². The Morgan fingerprint density at radius 1 is 1.42 bits per heavy atom. The Morgan fingerprint density at radius 3 is 2.63 bits per heavy atom. The predicted octanol–water partition coefficient (Wildman–Crippen LogP) is 2.34. The lowest BCUT2D eigenvalue weighted by Crippen LogP contribution is -2.03. The molecule has 0 atom stereocenters. The van der Waals surface area contributed by atoms with Crippen molar-refractivity contribution in [2.45, 2.75) is 20.8 Å². The van der Waals surface area contributed by atoms with Gasteiger partial charge in [-0.15, -0.1) is 0 Å². The molecule has 0 fully saturated rings. The van der Waals surface area contributed by atoms with Gasteiger partial charge in [0.2, 0.25) is 5.88 Å². The van der Waals surface area contributed by atoms with Gasteiger partial charge in [-0.25, -0.2) is 4.98 Å². The molecule has 0 aliphatic carbocycles. The molecule has 98 valence electrons. The van der Waals surface area contributed by atoms with Gasteiger partial charge in [0.15, 0.2) is 0 Å². The minimum Gasteiger partial charge on any atom is -0.478 e. The normalized spacial score (nSPS) is 10.2. The highest BCUT2D eigenvalue weighted by Gasteiger charge is 2.16. The monoisotopic (exact) mass is 256 g/mol. The second kappa shape index (κ2) is 5.02. The van der Waals surface area contributed by atoms with E-state index in [9.17, 15) is 0 Å². The Labute approximate surface area is 112 Å². The van der Waals surface area contributed by atoms with Gasteiger partial charge in [0, 0.05) is 11.8 Å². The lowest BCUT2D eigenvalue weighted by Gasteiger charge is -2.09. The van der Waals surface area contributed by atoms with E-state index in [1.807, 2.05) is 31.4 Å². The quantitative estimate of drug-likeness (QED) is 0.914. The second-order valence-corrected chi connectivity index (χ2v) is 4.21. The zero-order chi connectivity index (χ0) is 14.0. The predicted molar refractivity (Wildman–Crippen MR) is 73.3 cm³/mol. The summed E-state index contributed by atoms with van der Waals surface area (Å²) in [5.41, 5.74) is 9.21. The third kappa shape index (κ3) is 2.13. The number of aromatic nitrogens is 2. The van der Waals surface area contributed by atoms with E-state index in [0.29, 0.717) is 23.9 Å². The Hall–Kier alpha value is -2.48. The van der Waals surface area contributed by atoms with Crippen molar-refractivity contribution < 1.29 is 4.74 Å². The van der Waals surface area contributed by atoms with Gasteiger partial charge >= 0.3 is 0 Å². The fourth-order valence-electron chi connectivity index (χ4n) is 2.05. The molecular formula is C14H16N4O. The summed E-state index contributed by atoms with van der Waals surface area (Å²) in [6.07, 6.45) is 1.69. The van der Waals surface area contributed by atoms with Gasteiger partial charge in [-0.05, 0) is 32.4 Å². The fraction of sp³-hybridized carbons (Fsp3) is 0.286. The van der Waals surface area contributed by atoms with Crippen LogP contribution in [-0.2, 0) is 0 Å². The molecule has 0 unspecified atom stereocenters. The number of nitrogen functional groups attached to an aromatic ring is 1. The molecular weight excluding hydrogens is 240 g/mol. The van der Waals surface area contributed by atoms with Gasteiger partial charge in [0.25, 0.3) is 0 Å². The zero-order valence-electron chi connectivity index (χ0n) is 11.3. The van der Waals surface area contributed by atoms with E-state index in [1.165, 1.54) is 0 Å². The molecule has 2 heterocycles. The van der Waals surface area contributed by atoms with Crippen LogP contribution < -0.4 is 10.5 Å². The first kappa shape index (κ1) is 13.0. The summed E-state index contributed by atoms with van der Waals surface area (Å²) in [6.45, 7) is 6.31. The summed E-state index contributed by atoms with van der Waals surface area (Å²) in [5, 5.41) is 9.12. The number of pyridine rings is 1. The molecule has 0 aliphatic heterocycles. The van der Waals surface area contributed by atoms with Crippen molar-refractivity contribution in [3.63, 3.8) is 0 Å². The molecule has 0 saturated heterocycles. The molecule has 2 N–H and O–H groups in total. The largest absolute Gasteiger partial charge is 0.478 e. The number of nitriles is 1. The van der Waals surface area contributed by atoms with E-state index in [-0.39, 0.29) is 0 Å². The van der Waals surface area contributed by atoms with Crippen molar-refractivity contribution in [2.24, 2.45) is 0 Å². The van der Waals surface area contributed by atoms with Gasteiger partial charge < -0.3 is 10.5 Å². The van der Waals surface area contributed by atoms with Crippen molar-refractivity contribution in [3.8, 4) is 17.6 Å². The topological polar surface area (TPSA) is 76.9 Å². The summed E-state index contributed by atoms with van der Waals surface area (Å²) < 4.78 is 7.13. The zero-order valence-corrected chi connectivity index (χ0v) is 11.3. The van der Waals surface area contributed by atoms with Crippen molar-refractivity contribution >= 4 is 5.82 Å². The number of anilines is 1. The number of nitrogens with zero attached hydrogens (tertiary/aromatic N) is 3. The van der Waals surface area contributed by atoms with Crippen molar-refractivity contribution in [3.05, 3.63) is 35.2 Å². The molecule has 5 nitrogen and oxygen atoms in total. The molecule has 2 aromatic rings. The first-order chi connectivity index (χ1) is 9.10. The molecule has 19 heavy (non-hydrogen) atoms. The van der Waals surface area contributed by atoms with Crippen molar-refractivity contribution in [2.75, 3.05) is 12.3 Å². The Kier molecular flexibility index (Phi) is 3.43. The van der Waals surface area contributed by atoms with Crippen LogP contribution in [0.25, 0.3) is 5.69 Å². The molecule has 0 saturated carbocycles. The van der Waals surface area contributed by atoms with Crippen LogP contribution in [0.2, 0.25) is 0 Å². The van der Waals surface area contributed by atoms with E-state index < -0.39 is 0 Å². The smallest absolute Gasteiger partial charge is 0.213 e. The Balaban J connectivity index is 2.51. The molecule has 0 bridgehead atoms. The third-order valence-electron chi connectivity index (χ3n) is 3.13. The Bertz CT molecular complexity index is 635. The van der Waals surface area contributed by atoms with E-state index in [4.69, 9.17) is 15.7 Å². The van der Waals surface area contributed by atoms with Crippen LogP contribution in [0.5, 0.6) is 5.88 Å². The van der Waals surface area contributed by atoms with E-state index in [0.717, 1.165) is 16.9 Å². The summed E-state index contributed by atoms with van der Waals surface area (Å²) in [5.74, 6) is 1.02. The fourth-order valence-corrected chi connectivity index (χ4v) is 2.05. The molecule has 0 aliphatic rings. The van der Waals surface area contributed by atoms with Gasteiger partial charge in [-0.3, -0.25) is 4.57 Å². The summed E-state index contributed by atoms with van der Waals surface area (Å²) in [6, 6.07) is 5.80. The third-order valence-corrected chi connectivity index (χ3v) is 3.13. The summed E-state index contributed by atoms with van der Waals surface area (Å²) >= 11 is 0. The van der Waals surface area contributed by atoms with E-state index >= 15 is 0 Å². The van der Waals surface area contributed by atoms with Crippen molar-refractivity contribution in [1.29, 1.82) is 5.26 Å². The maximum absolute atomic E-state index is 9.12. The van der Waals surface area contributed by atoms with Crippen molar-refractivity contribution in [1.82, 2.24) is 9.55 Å². The maximum Gasteiger partial charge on any atom is 0.213 e. The van der Waals surface area contributed by atoms with Gasteiger partial charge in [-0.2, -0.15) is 5.26 Å². The van der Waals surface area contributed by atoms with Gasteiger partial charge in [0.1, 0.15) is 11.9 Å². The standard InChI is InChI=1S/C14H16N4O/c1-4-19-13-6-5-11(8-17-13)18-10(3)9(2)12(7-15)14(18)16/h5-6,8H,4,16H2,1-3H3. The average molecular weight is 256 g/mol. The number of hydrogen-bond acceptors (Lipinski definition) is 4. The van der Waals surface area contributed by atoms with Gasteiger partial charge in [-0.1, -0.05) is 0 Å². The number of rotatable bonds is 3. The first-order valence-corrected chi connectivity index (χ1v) is 6.06. The molecule has 0 radical (unpaired) electrons. The highest BCUT2D eigenvalue weighted by atomic mass is 16.5. The number of hydrogen-bond donors (Lipinski definition) is 1. The van der Waals surface area contributed by atoms with Crippen LogP contribution in [0.3, 0.4) is 0 Å². The van der Waals surface area contributed by atoms with Crippen LogP contribution in [0.15, 0.2) is 18.3 Å². The first-order valence-electron chi connectivity index (χ1n) is 6.06. The number of ether oxygens (including phenoxy) is 1. The molecule has 5 heteroatoms. The molecule has 2 rings (SSSR count). The number of nitrogens with two attached hydrogens (primary N) is 1. The maximum atomic E-state index is 9.12. The second-order valence-electron chi connectivity index (χ2n) is 4.21. The van der Waals surface area contributed by atoms with Crippen LogP contribution in [-0.4, -0.2) is 16.2 Å². The lowest BCUT2D eigenvalue weighted by molar-refractivity contribution is 0.327. The van der Waals surface area contributed by atoms with E-state index in [1.54, 1.807) is 12.3 Å². The molecule has 2 aromatic heterocycles. The van der Waals surface area contributed by atoms with Crippen LogP contribution in [0, 0.1) is 25.2 Å². The van der Waals surface area contributed by atoms with Crippen LogP contribution in [0.4, 0.5) is 5.82 Å².